The number of hydrogen-bond donors (Lipinski definition) is 2. The first-order chi connectivity index (χ1) is 8.95. The monoisotopic (exact) mass is 265 g/mol. The summed E-state index contributed by atoms with van der Waals surface area (Å²) in [6.07, 6.45) is 0. The molecule has 5 heteroatoms. The zero-order valence-electron chi connectivity index (χ0n) is 12.1. The Bertz CT molecular complexity index is 433. The van der Waals surface area contributed by atoms with Gasteiger partial charge in [0.2, 0.25) is 0 Å². The van der Waals surface area contributed by atoms with Gasteiger partial charge in [0.15, 0.2) is 0 Å². The van der Waals surface area contributed by atoms with Crippen molar-refractivity contribution < 1.29 is 9.53 Å². The largest absolute Gasteiger partial charge is 0.397 e. The van der Waals surface area contributed by atoms with Crippen LogP contribution < -0.4 is 16.0 Å². The number of anilines is 2. The molecule has 1 unspecified atom stereocenters. The van der Waals surface area contributed by atoms with Gasteiger partial charge in [-0.3, -0.25) is 4.79 Å². The van der Waals surface area contributed by atoms with Crippen LogP contribution in [0.15, 0.2) is 18.2 Å². The van der Waals surface area contributed by atoms with E-state index in [-0.39, 0.29) is 11.8 Å². The minimum atomic E-state index is -0.111. The molecule has 1 rings (SSSR count). The average molecular weight is 265 g/mol. The summed E-state index contributed by atoms with van der Waals surface area (Å²) in [5.41, 5.74) is 8.01. The number of hydrogen-bond acceptors (Lipinski definition) is 4. The highest BCUT2D eigenvalue weighted by atomic mass is 16.5. The quantitative estimate of drug-likeness (QED) is 0.762. The number of rotatable bonds is 6. The fourth-order valence-corrected chi connectivity index (χ4v) is 1.82. The summed E-state index contributed by atoms with van der Waals surface area (Å²) in [5.74, 6) is 0.173. The third-order valence-corrected chi connectivity index (χ3v) is 2.83. The van der Waals surface area contributed by atoms with E-state index in [4.69, 9.17) is 10.5 Å². The molecule has 1 atom stereocenters. The Labute approximate surface area is 114 Å². The molecule has 1 aromatic carbocycles. The van der Waals surface area contributed by atoms with Crippen molar-refractivity contribution in [3.8, 4) is 0 Å². The van der Waals surface area contributed by atoms with Crippen LogP contribution in [-0.2, 0) is 4.74 Å². The number of nitrogens with zero attached hydrogens (tertiary/aromatic N) is 1. The van der Waals surface area contributed by atoms with Gasteiger partial charge in [0.05, 0.1) is 18.0 Å². The van der Waals surface area contributed by atoms with E-state index in [1.54, 1.807) is 19.2 Å². The predicted molar refractivity (Wildman–Crippen MR) is 78.6 cm³/mol. The summed E-state index contributed by atoms with van der Waals surface area (Å²) in [4.78, 5) is 13.9. The van der Waals surface area contributed by atoms with E-state index < -0.39 is 0 Å². The van der Waals surface area contributed by atoms with Gasteiger partial charge in [-0.15, -0.1) is 0 Å². The van der Waals surface area contributed by atoms with E-state index in [0.717, 1.165) is 5.69 Å². The van der Waals surface area contributed by atoms with E-state index in [9.17, 15) is 4.79 Å². The lowest BCUT2D eigenvalue weighted by atomic mass is 10.1. The van der Waals surface area contributed by atoms with Crippen LogP contribution in [0.4, 0.5) is 11.4 Å². The Balaban J connectivity index is 2.65. The molecule has 0 aliphatic heterocycles. The van der Waals surface area contributed by atoms with Gasteiger partial charge in [-0.05, 0) is 24.1 Å². The number of carbonyl (C=O) groups excluding carboxylic acids is 1. The molecule has 0 spiro atoms. The molecular formula is C14H23N3O2. The number of carbonyl (C=O) groups is 1. The average Bonchev–Trinajstić information content (AvgIpc) is 2.35. The topological polar surface area (TPSA) is 67.6 Å². The van der Waals surface area contributed by atoms with Crippen molar-refractivity contribution in [3.63, 3.8) is 0 Å². The zero-order chi connectivity index (χ0) is 14.4. The summed E-state index contributed by atoms with van der Waals surface area (Å²) in [6.45, 7) is 3.23. The van der Waals surface area contributed by atoms with Gasteiger partial charge in [-0.2, -0.15) is 0 Å². The Hall–Kier alpha value is -1.75. The first-order valence-corrected chi connectivity index (χ1v) is 6.29. The second-order valence-electron chi connectivity index (χ2n) is 4.94. The van der Waals surface area contributed by atoms with E-state index >= 15 is 0 Å². The van der Waals surface area contributed by atoms with Gasteiger partial charge >= 0.3 is 0 Å². The predicted octanol–water partition coefficient (Wildman–Crippen LogP) is 1.35. The molecule has 106 valence electrons. The van der Waals surface area contributed by atoms with Crippen LogP contribution in [0.5, 0.6) is 0 Å². The Kier molecular flexibility index (Phi) is 5.63. The SMILES string of the molecule is COCC(C)CNC(=O)c1ccc(N(C)C)c(N)c1. The Morgan fingerprint density at radius 3 is 2.68 bits per heavy atom. The molecule has 1 amide bonds. The lowest BCUT2D eigenvalue weighted by Crippen LogP contribution is -2.30. The van der Waals surface area contributed by atoms with Gasteiger partial charge < -0.3 is 20.7 Å². The van der Waals surface area contributed by atoms with Crippen LogP contribution in [0, 0.1) is 5.92 Å². The van der Waals surface area contributed by atoms with Crippen LogP contribution in [0.1, 0.15) is 17.3 Å². The van der Waals surface area contributed by atoms with Crippen molar-refractivity contribution in [1.82, 2.24) is 5.32 Å². The molecule has 0 saturated carbocycles. The fraction of sp³-hybridized carbons (Fsp3) is 0.500. The molecule has 3 N–H and O–H groups in total. The molecule has 0 aliphatic rings. The maximum Gasteiger partial charge on any atom is 0.251 e. The second kappa shape index (κ2) is 6.99. The van der Waals surface area contributed by atoms with Crippen molar-refractivity contribution in [2.75, 3.05) is 45.0 Å². The maximum atomic E-state index is 12.0. The highest BCUT2D eigenvalue weighted by molar-refractivity contribution is 5.96. The number of methoxy groups -OCH3 is 1. The van der Waals surface area contributed by atoms with E-state index in [1.165, 1.54) is 0 Å². The molecule has 0 radical (unpaired) electrons. The molecule has 0 aliphatic carbocycles. The van der Waals surface area contributed by atoms with Crippen LogP contribution >= 0.6 is 0 Å². The van der Waals surface area contributed by atoms with Gasteiger partial charge in [0, 0.05) is 33.3 Å². The van der Waals surface area contributed by atoms with Gasteiger partial charge in [-0.1, -0.05) is 6.92 Å². The zero-order valence-corrected chi connectivity index (χ0v) is 12.1. The van der Waals surface area contributed by atoms with Gasteiger partial charge in [0.25, 0.3) is 5.91 Å². The number of amides is 1. The number of nitrogen functional groups attached to an aromatic ring is 1. The molecule has 19 heavy (non-hydrogen) atoms. The van der Waals surface area contributed by atoms with E-state index in [2.05, 4.69) is 5.32 Å². The Morgan fingerprint density at radius 2 is 2.16 bits per heavy atom. The van der Waals surface area contributed by atoms with Crippen molar-refractivity contribution in [1.29, 1.82) is 0 Å². The minimum absolute atomic E-state index is 0.111. The lowest BCUT2D eigenvalue weighted by molar-refractivity contribution is 0.0934. The highest BCUT2D eigenvalue weighted by Gasteiger charge is 2.10. The molecule has 0 bridgehead atoms. The van der Waals surface area contributed by atoms with Crippen molar-refractivity contribution in [2.45, 2.75) is 6.92 Å². The van der Waals surface area contributed by atoms with Crippen LogP contribution in [0.2, 0.25) is 0 Å². The first-order valence-electron chi connectivity index (χ1n) is 6.29. The molecule has 0 fully saturated rings. The molecule has 0 saturated heterocycles. The first kappa shape index (κ1) is 15.3. The van der Waals surface area contributed by atoms with Crippen LogP contribution in [0.3, 0.4) is 0 Å². The van der Waals surface area contributed by atoms with E-state index in [0.29, 0.717) is 24.4 Å². The molecule has 0 aromatic heterocycles. The summed E-state index contributed by atoms with van der Waals surface area (Å²) < 4.78 is 5.03. The number of ether oxygens (including phenoxy) is 1. The van der Waals surface area contributed by atoms with Crippen LogP contribution in [-0.4, -0.2) is 40.3 Å². The summed E-state index contributed by atoms with van der Waals surface area (Å²) in [6, 6.07) is 5.33. The third kappa shape index (κ3) is 4.44. The minimum Gasteiger partial charge on any atom is -0.397 e. The van der Waals surface area contributed by atoms with Crippen LogP contribution in [0.25, 0.3) is 0 Å². The third-order valence-electron chi connectivity index (χ3n) is 2.83. The smallest absolute Gasteiger partial charge is 0.251 e. The number of benzene rings is 1. The van der Waals surface area contributed by atoms with Crippen molar-refractivity contribution >= 4 is 17.3 Å². The van der Waals surface area contributed by atoms with E-state index in [1.807, 2.05) is 32.0 Å². The van der Waals surface area contributed by atoms with Crippen molar-refractivity contribution in [2.24, 2.45) is 5.92 Å². The summed E-state index contributed by atoms with van der Waals surface area (Å²) >= 11 is 0. The molecular weight excluding hydrogens is 242 g/mol. The molecule has 1 aromatic rings. The second-order valence-corrected chi connectivity index (χ2v) is 4.94. The lowest BCUT2D eigenvalue weighted by Gasteiger charge is -2.16. The van der Waals surface area contributed by atoms with Gasteiger partial charge in [0.1, 0.15) is 0 Å². The molecule has 0 heterocycles. The maximum absolute atomic E-state index is 12.0. The molecule has 5 nitrogen and oxygen atoms in total. The summed E-state index contributed by atoms with van der Waals surface area (Å²) in [5, 5.41) is 2.87. The summed E-state index contributed by atoms with van der Waals surface area (Å²) in [7, 11) is 5.48. The number of nitrogens with two attached hydrogens (primary N) is 1. The van der Waals surface area contributed by atoms with Crippen molar-refractivity contribution in [3.05, 3.63) is 23.8 Å². The van der Waals surface area contributed by atoms with Gasteiger partial charge in [-0.25, -0.2) is 0 Å². The fourth-order valence-electron chi connectivity index (χ4n) is 1.82. The Morgan fingerprint density at radius 1 is 1.47 bits per heavy atom. The standard InChI is InChI=1S/C14H23N3O2/c1-10(9-19-4)8-16-14(18)11-5-6-13(17(2)3)12(15)7-11/h5-7,10H,8-9,15H2,1-4H3,(H,16,18). The highest BCUT2D eigenvalue weighted by Crippen LogP contribution is 2.22. The number of nitrogens with one attached hydrogen (secondary N) is 1. The normalized spacial score (nSPS) is 12.0.